The maximum atomic E-state index is 9.82. The molecule has 2 N–H and O–H groups in total. The van der Waals surface area contributed by atoms with Crippen molar-refractivity contribution < 1.29 is 14.9 Å². The molecular formula is C16H16O3. The normalized spacial score (nSPS) is 10.8. The first-order valence-electron chi connectivity index (χ1n) is 6.01. The molecule has 0 aliphatic rings. The molecule has 19 heavy (non-hydrogen) atoms. The molecule has 0 spiro atoms. The second kappa shape index (κ2) is 5.96. The molecule has 0 aromatic heterocycles. The maximum Gasteiger partial charge on any atom is 0.164 e. The van der Waals surface area contributed by atoms with Crippen LogP contribution in [0.4, 0.5) is 0 Å². The smallest absolute Gasteiger partial charge is 0.164 e. The Labute approximate surface area is 112 Å². The molecule has 3 nitrogen and oxygen atoms in total. The standard InChI is InChI=1S/C16H16O3/c1-19-16-11-14(17)13(10-15(16)18)9-5-8-12-6-3-2-4-7-12/h2-8,10-11,17-18H,9H2,1H3/b8-5+. The van der Waals surface area contributed by atoms with E-state index in [1.165, 1.54) is 19.2 Å². The lowest BCUT2D eigenvalue weighted by Gasteiger charge is -2.07. The Bertz CT molecular complexity index is 574. The molecule has 0 bridgehead atoms. The molecule has 0 fully saturated rings. The molecule has 3 heteroatoms. The number of methoxy groups -OCH3 is 1. The van der Waals surface area contributed by atoms with Crippen LogP contribution in [-0.2, 0) is 6.42 Å². The highest BCUT2D eigenvalue weighted by atomic mass is 16.5. The lowest BCUT2D eigenvalue weighted by atomic mass is 10.1. The van der Waals surface area contributed by atoms with E-state index in [4.69, 9.17) is 4.74 Å². The van der Waals surface area contributed by atoms with Gasteiger partial charge in [0, 0.05) is 11.6 Å². The summed E-state index contributed by atoms with van der Waals surface area (Å²) >= 11 is 0. The van der Waals surface area contributed by atoms with Gasteiger partial charge in [0.05, 0.1) is 7.11 Å². The number of rotatable bonds is 4. The van der Waals surface area contributed by atoms with Crippen molar-refractivity contribution in [3.05, 3.63) is 59.7 Å². The van der Waals surface area contributed by atoms with Gasteiger partial charge in [-0.15, -0.1) is 0 Å². The predicted octanol–water partition coefficient (Wildman–Crippen LogP) is 3.36. The van der Waals surface area contributed by atoms with Gasteiger partial charge in [-0.2, -0.15) is 0 Å². The Balaban J connectivity index is 2.12. The first kappa shape index (κ1) is 13.0. The minimum Gasteiger partial charge on any atom is -0.508 e. The Morgan fingerprint density at radius 3 is 2.47 bits per heavy atom. The zero-order valence-electron chi connectivity index (χ0n) is 10.7. The van der Waals surface area contributed by atoms with Gasteiger partial charge >= 0.3 is 0 Å². The van der Waals surface area contributed by atoms with Crippen LogP contribution in [0.1, 0.15) is 11.1 Å². The van der Waals surface area contributed by atoms with Crippen molar-refractivity contribution in [2.45, 2.75) is 6.42 Å². The summed E-state index contributed by atoms with van der Waals surface area (Å²) in [5.41, 5.74) is 1.75. The third-order valence-electron chi connectivity index (χ3n) is 2.83. The number of aromatic hydroxyl groups is 2. The molecule has 0 radical (unpaired) electrons. The minimum atomic E-state index is 0.0309. The number of allylic oxidation sites excluding steroid dienone is 1. The van der Waals surface area contributed by atoms with Crippen LogP contribution in [0.15, 0.2) is 48.5 Å². The summed E-state index contributed by atoms with van der Waals surface area (Å²) in [5, 5.41) is 19.5. The van der Waals surface area contributed by atoms with Crippen molar-refractivity contribution in [2.24, 2.45) is 0 Å². The van der Waals surface area contributed by atoms with Gasteiger partial charge in [-0.1, -0.05) is 42.5 Å². The highest BCUT2D eigenvalue weighted by Gasteiger charge is 2.07. The van der Waals surface area contributed by atoms with Crippen LogP contribution in [-0.4, -0.2) is 17.3 Å². The Hall–Kier alpha value is -2.42. The fourth-order valence-electron chi connectivity index (χ4n) is 1.81. The summed E-state index contributed by atoms with van der Waals surface area (Å²) in [6, 6.07) is 12.8. The van der Waals surface area contributed by atoms with Crippen molar-refractivity contribution in [3.63, 3.8) is 0 Å². The number of ether oxygens (including phenoxy) is 1. The second-order valence-corrected chi connectivity index (χ2v) is 4.17. The summed E-state index contributed by atoms with van der Waals surface area (Å²) in [6.07, 6.45) is 4.45. The van der Waals surface area contributed by atoms with Gasteiger partial charge in [0.25, 0.3) is 0 Å². The fraction of sp³-hybridized carbons (Fsp3) is 0.125. The molecule has 2 aromatic rings. The number of hydrogen-bond acceptors (Lipinski definition) is 3. The highest BCUT2D eigenvalue weighted by Crippen LogP contribution is 2.33. The molecule has 0 unspecified atom stereocenters. The van der Waals surface area contributed by atoms with Gasteiger partial charge in [0.15, 0.2) is 11.5 Å². The number of benzene rings is 2. The zero-order valence-corrected chi connectivity index (χ0v) is 10.7. The van der Waals surface area contributed by atoms with Crippen LogP contribution >= 0.6 is 0 Å². The number of phenols is 2. The minimum absolute atomic E-state index is 0.0309. The summed E-state index contributed by atoms with van der Waals surface area (Å²) in [4.78, 5) is 0. The molecule has 98 valence electrons. The van der Waals surface area contributed by atoms with E-state index >= 15 is 0 Å². The molecule has 0 saturated heterocycles. The highest BCUT2D eigenvalue weighted by molar-refractivity contribution is 5.53. The third-order valence-corrected chi connectivity index (χ3v) is 2.83. The van der Waals surface area contributed by atoms with Crippen molar-refractivity contribution in [1.82, 2.24) is 0 Å². The summed E-state index contributed by atoms with van der Waals surface area (Å²) < 4.78 is 4.93. The zero-order chi connectivity index (χ0) is 13.7. The van der Waals surface area contributed by atoms with Crippen LogP contribution in [0.25, 0.3) is 6.08 Å². The van der Waals surface area contributed by atoms with Gasteiger partial charge in [0.1, 0.15) is 5.75 Å². The largest absolute Gasteiger partial charge is 0.508 e. The van der Waals surface area contributed by atoms with Crippen molar-refractivity contribution in [2.75, 3.05) is 7.11 Å². The lowest BCUT2D eigenvalue weighted by Crippen LogP contribution is -1.88. The van der Waals surface area contributed by atoms with E-state index in [9.17, 15) is 10.2 Å². The fourth-order valence-corrected chi connectivity index (χ4v) is 1.81. The first-order valence-corrected chi connectivity index (χ1v) is 6.01. The molecular weight excluding hydrogens is 240 g/mol. The maximum absolute atomic E-state index is 9.82. The molecule has 0 heterocycles. The molecule has 0 aliphatic carbocycles. The summed E-state index contributed by atoms with van der Waals surface area (Å²) in [6.45, 7) is 0. The van der Waals surface area contributed by atoms with Crippen LogP contribution in [0.2, 0.25) is 0 Å². The third kappa shape index (κ3) is 3.28. The van der Waals surface area contributed by atoms with E-state index in [1.807, 2.05) is 42.5 Å². The predicted molar refractivity (Wildman–Crippen MR) is 75.5 cm³/mol. The van der Waals surface area contributed by atoms with E-state index in [2.05, 4.69) is 0 Å². The second-order valence-electron chi connectivity index (χ2n) is 4.17. The Morgan fingerprint density at radius 1 is 1.05 bits per heavy atom. The van der Waals surface area contributed by atoms with Crippen molar-refractivity contribution in [3.8, 4) is 17.2 Å². The van der Waals surface area contributed by atoms with Crippen molar-refractivity contribution >= 4 is 6.08 Å². The van der Waals surface area contributed by atoms with E-state index in [-0.39, 0.29) is 17.2 Å². The quantitative estimate of drug-likeness (QED) is 0.825. The Morgan fingerprint density at radius 2 is 1.79 bits per heavy atom. The van der Waals surface area contributed by atoms with E-state index in [0.717, 1.165) is 5.56 Å². The molecule has 2 aromatic carbocycles. The van der Waals surface area contributed by atoms with E-state index < -0.39 is 0 Å². The van der Waals surface area contributed by atoms with Gasteiger partial charge in [-0.3, -0.25) is 0 Å². The molecule has 0 atom stereocenters. The SMILES string of the molecule is COc1cc(O)c(C/C=C/c2ccccc2)cc1O. The monoisotopic (exact) mass is 256 g/mol. The van der Waals surface area contributed by atoms with Gasteiger partial charge in [0.2, 0.25) is 0 Å². The van der Waals surface area contributed by atoms with Crippen LogP contribution in [0.3, 0.4) is 0 Å². The van der Waals surface area contributed by atoms with E-state index in [1.54, 1.807) is 0 Å². The van der Waals surface area contributed by atoms with Gasteiger partial charge in [-0.25, -0.2) is 0 Å². The van der Waals surface area contributed by atoms with Crippen LogP contribution in [0, 0.1) is 0 Å². The van der Waals surface area contributed by atoms with Crippen molar-refractivity contribution in [1.29, 1.82) is 0 Å². The molecule has 0 amide bonds. The average molecular weight is 256 g/mol. The summed E-state index contributed by atoms with van der Waals surface area (Å²) in [7, 11) is 1.45. The number of phenolic OH excluding ortho intramolecular Hbond substituents is 2. The lowest BCUT2D eigenvalue weighted by molar-refractivity contribution is 0.367. The average Bonchev–Trinajstić information content (AvgIpc) is 2.43. The number of hydrogen-bond donors (Lipinski definition) is 2. The molecule has 2 rings (SSSR count). The Kier molecular flexibility index (Phi) is 4.08. The molecule has 0 saturated carbocycles. The molecule has 0 aliphatic heterocycles. The van der Waals surface area contributed by atoms with Crippen LogP contribution < -0.4 is 4.74 Å². The van der Waals surface area contributed by atoms with E-state index in [0.29, 0.717) is 12.0 Å². The summed E-state index contributed by atoms with van der Waals surface area (Å²) in [5.74, 6) is 0.420. The first-order chi connectivity index (χ1) is 9.20. The van der Waals surface area contributed by atoms with Crippen LogP contribution in [0.5, 0.6) is 17.2 Å². The van der Waals surface area contributed by atoms with Gasteiger partial charge < -0.3 is 14.9 Å². The topological polar surface area (TPSA) is 49.7 Å². The van der Waals surface area contributed by atoms with Gasteiger partial charge in [-0.05, 0) is 18.1 Å².